The molecule has 1 aliphatic heterocycles. The van der Waals surface area contributed by atoms with E-state index >= 15 is 0 Å². The first-order chi connectivity index (χ1) is 9.02. The molecule has 0 bridgehead atoms. The third kappa shape index (κ3) is 2.67. The van der Waals surface area contributed by atoms with Gasteiger partial charge in [-0.05, 0) is 18.1 Å². The van der Waals surface area contributed by atoms with E-state index in [0.29, 0.717) is 12.1 Å². The van der Waals surface area contributed by atoms with Crippen LogP contribution in [0.5, 0.6) is 0 Å². The predicted octanol–water partition coefficient (Wildman–Crippen LogP) is 0.426. The molecule has 1 saturated heterocycles. The summed E-state index contributed by atoms with van der Waals surface area (Å²) >= 11 is 0. The van der Waals surface area contributed by atoms with Crippen molar-refractivity contribution in [2.45, 2.75) is 6.92 Å². The van der Waals surface area contributed by atoms with Gasteiger partial charge in [0.25, 0.3) is 0 Å². The number of ether oxygens (including phenoxy) is 1. The lowest BCUT2D eigenvalue weighted by Gasteiger charge is -2.16. The van der Waals surface area contributed by atoms with Gasteiger partial charge in [-0.2, -0.15) is 0 Å². The quantitative estimate of drug-likeness (QED) is 0.799. The van der Waals surface area contributed by atoms with Crippen molar-refractivity contribution in [3.05, 3.63) is 23.9 Å². The summed E-state index contributed by atoms with van der Waals surface area (Å²) in [6.07, 6.45) is 1.45. The zero-order valence-corrected chi connectivity index (χ0v) is 11.0. The molecule has 0 saturated carbocycles. The number of nitrogens with two attached hydrogens (primary N) is 1. The van der Waals surface area contributed by atoms with Gasteiger partial charge in [-0.25, -0.2) is 4.98 Å². The Kier molecular flexibility index (Phi) is 3.69. The average Bonchev–Trinajstić information content (AvgIpc) is 2.80. The largest absolute Gasteiger partial charge is 0.469 e. The van der Waals surface area contributed by atoms with Crippen molar-refractivity contribution >= 4 is 17.7 Å². The van der Waals surface area contributed by atoms with E-state index in [1.165, 1.54) is 13.3 Å². The van der Waals surface area contributed by atoms with Crippen molar-refractivity contribution in [3.8, 4) is 0 Å². The number of anilines is 1. The van der Waals surface area contributed by atoms with Crippen LogP contribution in [-0.4, -0.2) is 37.1 Å². The van der Waals surface area contributed by atoms with Crippen LogP contribution in [0.4, 0.5) is 5.82 Å². The van der Waals surface area contributed by atoms with Crippen LogP contribution < -0.4 is 10.6 Å². The monoisotopic (exact) mass is 263 g/mol. The molecule has 2 unspecified atom stereocenters. The number of primary amides is 1. The first kappa shape index (κ1) is 13.3. The van der Waals surface area contributed by atoms with Crippen LogP contribution >= 0.6 is 0 Å². The molecule has 2 N–H and O–H groups in total. The number of aromatic nitrogens is 1. The van der Waals surface area contributed by atoms with Crippen LogP contribution in [0.15, 0.2) is 18.3 Å². The number of hydrogen-bond acceptors (Lipinski definition) is 5. The van der Waals surface area contributed by atoms with Crippen molar-refractivity contribution in [1.29, 1.82) is 0 Å². The number of pyridine rings is 1. The third-order valence-electron chi connectivity index (χ3n) is 3.47. The van der Waals surface area contributed by atoms with E-state index in [9.17, 15) is 9.59 Å². The number of carbonyl (C=O) groups is 2. The Morgan fingerprint density at radius 1 is 1.42 bits per heavy atom. The fraction of sp³-hybridized carbons (Fsp3) is 0.462. The molecule has 2 rings (SSSR count). The number of methoxy groups -OCH3 is 1. The number of amides is 1. The maximum absolute atomic E-state index is 11.6. The van der Waals surface area contributed by atoms with Crippen LogP contribution in [-0.2, 0) is 9.53 Å². The highest BCUT2D eigenvalue weighted by molar-refractivity contribution is 5.92. The second-order valence-electron chi connectivity index (χ2n) is 4.78. The van der Waals surface area contributed by atoms with Crippen molar-refractivity contribution in [2.24, 2.45) is 17.6 Å². The fourth-order valence-electron chi connectivity index (χ4n) is 2.33. The van der Waals surface area contributed by atoms with E-state index in [-0.39, 0.29) is 17.8 Å². The lowest BCUT2D eigenvalue weighted by molar-refractivity contribution is -0.145. The summed E-state index contributed by atoms with van der Waals surface area (Å²) in [5.74, 6) is 0.126. The third-order valence-corrected chi connectivity index (χ3v) is 3.47. The maximum Gasteiger partial charge on any atom is 0.310 e. The van der Waals surface area contributed by atoms with Crippen LogP contribution in [0.25, 0.3) is 0 Å². The zero-order valence-electron chi connectivity index (χ0n) is 11.0. The maximum atomic E-state index is 11.6. The second-order valence-corrected chi connectivity index (χ2v) is 4.78. The Morgan fingerprint density at radius 2 is 2.16 bits per heavy atom. The van der Waals surface area contributed by atoms with Gasteiger partial charge in [0.05, 0.1) is 18.6 Å². The lowest BCUT2D eigenvalue weighted by atomic mass is 9.99. The van der Waals surface area contributed by atoms with Crippen molar-refractivity contribution in [2.75, 3.05) is 25.1 Å². The minimum absolute atomic E-state index is 0.136. The van der Waals surface area contributed by atoms with Gasteiger partial charge in [0.2, 0.25) is 5.91 Å². The van der Waals surface area contributed by atoms with Crippen molar-refractivity contribution < 1.29 is 14.3 Å². The molecule has 1 aromatic rings. The minimum Gasteiger partial charge on any atom is -0.469 e. The van der Waals surface area contributed by atoms with E-state index in [1.54, 1.807) is 12.1 Å². The molecule has 6 heteroatoms. The summed E-state index contributed by atoms with van der Waals surface area (Å²) in [6.45, 7) is 3.33. The van der Waals surface area contributed by atoms with Crippen LogP contribution in [0.2, 0.25) is 0 Å². The van der Waals surface area contributed by atoms with E-state index in [0.717, 1.165) is 12.4 Å². The van der Waals surface area contributed by atoms with Crippen LogP contribution in [0, 0.1) is 11.8 Å². The molecule has 1 amide bonds. The van der Waals surface area contributed by atoms with Crippen molar-refractivity contribution in [3.63, 3.8) is 0 Å². The lowest BCUT2D eigenvalue weighted by Crippen LogP contribution is -2.25. The van der Waals surface area contributed by atoms with Gasteiger partial charge < -0.3 is 15.4 Å². The minimum atomic E-state index is -0.499. The highest BCUT2D eigenvalue weighted by Crippen LogP contribution is 2.27. The van der Waals surface area contributed by atoms with Gasteiger partial charge in [-0.3, -0.25) is 9.59 Å². The molecule has 2 heterocycles. The summed E-state index contributed by atoms with van der Waals surface area (Å²) in [4.78, 5) is 28.8. The topological polar surface area (TPSA) is 85.5 Å². The normalized spacial score (nSPS) is 22.3. The Balaban J connectivity index is 2.11. The summed E-state index contributed by atoms with van der Waals surface area (Å²) in [6, 6.07) is 3.38. The van der Waals surface area contributed by atoms with E-state index in [2.05, 4.69) is 4.98 Å². The molecule has 0 spiro atoms. The number of esters is 1. The molecule has 6 nitrogen and oxygen atoms in total. The summed E-state index contributed by atoms with van der Waals surface area (Å²) < 4.78 is 4.79. The first-order valence-electron chi connectivity index (χ1n) is 6.11. The smallest absolute Gasteiger partial charge is 0.310 e. The van der Waals surface area contributed by atoms with Crippen molar-refractivity contribution in [1.82, 2.24) is 4.98 Å². The molecular weight excluding hydrogens is 246 g/mol. The standard InChI is InChI=1S/C13H17N3O3/c1-8-6-16(7-10(8)13(18)19-2)11-4-3-9(5-15-11)12(14)17/h3-5,8,10H,6-7H2,1-2H3,(H2,14,17). The molecule has 1 fully saturated rings. The fourth-order valence-corrected chi connectivity index (χ4v) is 2.33. The predicted molar refractivity (Wildman–Crippen MR) is 69.6 cm³/mol. The number of rotatable bonds is 3. The van der Waals surface area contributed by atoms with Crippen LogP contribution in [0.3, 0.4) is 0 Å². The summed E-state index contributed by atoms with van der Waals surface area (Å²) in [7, 11) is 1.40. The Labute approximate surface area is 111 Å². The highest BCUT2D eigenvalue weighted by Gasteiger charge is 2.36. The van der Waals surface area contributed by atoms with Crippen LogP contribution in [0.1, 0.15) is 17.3 Å². The van der Waals surface area contributed by atoms with E-state index in [4.69, 9.17) is 10.5 Å². The SMILES string of the molecule is COC(=O)C1CN(c2ccc(C(N)=O)cn2)CC1C. The van der Waals surface area contributed by atoms with Gasteiger partial charge in [0.1, 0.15) is 5.82 Å². The van der Waals surface area contributed by atoms with Gasteiger partial charge in [-0.1, -0.05) is 6.92 Å². The molecule has 1 aromatic heterocycles. The Hall–Kier alpha value is -2.11. The zero-order chi connectivity index (χ0) is 14.0. The number of hydrogen-bond donors (Lipinski definition) is 1. The average molecular weight is 263 g/mol. The summed E-state index contributed by atoms with van der Waals surface area (Å²) in [5, 5.41) is 0. The Morgan fingerprint density at radius 3 is 2.68 bits per heavy atom. The first-order valence-corrected chi connectivity index (χ1v) is 6.11. The molecule has 1 aliphatic rings. The number of carbonyl (C=O) groups excluding carboxylic acids is 2. The number of nitrogens with zero attached hydrogens (tertiary/aromatic N) is 2. The molecule has 2 atom stereocenters. The molecular formula is C13H17N3O3. The van der Waals surface area contributed by atoms with Gasteiger partial charge in [-0.15, -0.1) is 0 Å². The molecule has 0 aliphatic carbocycles. The molecule has 102 valence electrons. The summed E-state index contributed by atoms with van der Waals surface area (Å²) in [5.41, 5.74) is 5.54. The molecule has 19 heavy (non-hydrogen) atoms. The van der Waals surface area contributed by atoms with E-state index < -0.39 is 5.91 Å². The molecule has 0 radical (unpaired) electrons. The highest BCUT2D eigenvalue weighted by atomic mass is 16.5. The van der Waals surface area contributed by atoms with Gasteiger partial charge >= 0.3 is 5.97 Å². The second kappa shape index (κ2) is 5.26. The van der Waals surface area contributed by atoms with E-state index in [1.807, 2.05) is 11.8 Å². The van der Waals surface area contributed by atoms with Gasteiger partial charge in [0.15, 0.2) is 0 Å². The Bertz CT molecular complexity index is 486. The molecule has 0 aromatic carbocycles. The van der Waals surface area contributed by atoms with Gasteiger partial charge in [0, 0.05) is 19.3 Å².